The molecule has 3 rings (SSSR count). The fourth-order valence-corrected chi connectivity index (χ4v) is 2.65. The number of hydrogen-bond acceptors (Lipinski definition) is 4. The van der Waals surface area contributed by atoms with Gasteiger partial charge in [-0.2, -0.15) is 0 Å². The number of hydrogen-bond donors (Lipinski definition) is 1. The summed E-state index contributed by atoms with van der Waals surface area (Å²) in [6, 6.07) is 7.84. The Kier molecular flexibility index (Phi) is 3.79. The highest BCUT2D eigenvalue weighted by Gasteiger charge is 2.23. The van der Waals surface area contributed by atoms with Gasteiger partial charge in [-0.15, -0.1) is 0 Å². The molecule has 1 aromatic carbocycles. The van der Waals surface area contributed by atoms with E-state index in [1.165, 1.54) is 0 Å². The third-order valence-electron chi connectivity index (χ3n) is 3.99. The van der Waals surface area contributed by atoms with Crippen LogP contribution in [0.4, 0.5) is 5.95 Å². The Labute approximate surface area is 129 Å². The molecule has 0 saturated carbocycles. The highest BCUT2D eigenvalue weighted by Crippen LogP contribution is 2.31. The molecule has 0 bridgehead atoms. The second-order valence-electron chi connectivity index (χ2n) is 5.82. The average molecular weight is 297 g/mol. The first-order valence-electron chi connectivity index (χ1n) is 7.52. The second kappa shape index (κ2) is 5.75. The summed E-state index contributed by atoms with van der Waals surface area (Å²) in [4.78, 5) is 22.3. The molecule has 0 aliphatic carbocycles. The van der Waals surface area contributed by atoms with Crippen molar-refractivity contribution in [1.29, 1.82) is 0 Å². The van der Waals surface area contributed by atoms with Gasteiger partial charge in [0, 0.05) is 24.8 Å². The van der Waals surface area contributed by atoms with Gasteiger partial charge in [-0.3, -0.25) is 0 Å². The van der Waals surface area contributed by atoms with Gasteiger partial charge in [-0.05, 0) is 23.5 Å². The van der Waals surface area contributed by atoms with Crippen LogP contribution in [0.25, 0.3) is 11.1 Å². The maximum absolute atomic E-state index is 11.6. The number of aromatic carboxylic acids is 1. The third-order valence-corrected chi connectivity index (χ3v) is 3.99. The van der Waals surface area contributed by atoms with Crippen LogP contribution >= 0.6 is 0 Å². The molecule has 0 spiro atoms. The van der Waals surface area contributed by atoms with Crippen molar-refractivity contribution in [1.82, 2.24) is 9.97 Å². The SMILES string of the molecule is CC(C)c1ccccc1-c1cnc(N2CCC2)nc1C(=O)O. The van der Waals surface area contributed by atoms with Crippen molar-refractivity contribution < 1.29 is 9.90 Å². The zero-order chi connectivity index (χ0) is 15.7. The van der Waals surface area contributed by atoms with E-state index in [1.54, 1.807) is 6.20 Å². The summed E-state index contributed by atoms with van der Waals surface area (Å²) in [7, 11) is 0. The molecule has 22 heavy (non-hydrogen) atoms. The normalized spacial score (nSPS) is 14.0. The summed E-state index contributed by atoms with van der Waals surface area (Å²) < 4.78 is 0. The summed E-state index contributed by atoms with van der Waals surface area (Å²) in [5, 5.41) is 9.54. The van der Waals surface area contributed by atoms with Crippen LogP contribution < -0.4 is 4.90 Å². The standard InChI is InChI=1S/C17H19N3O2/c1-11(2)12-6-3-4-7-13(12)14-10-18-17(20-8-5-9-20)19-15(14)16(21)22/h3-4,6-7,10-11H,5,8-9H2,1-2H3,(H,21,22). The van der Waals surface area contributed by atoms with Crippen LogP contribution in [0.5, 0.6) is 0 Å². The summed E-state index contributed by atoms with van der Waals surface area (Å²) in [5.41, 5.74) is 2.65. The summed E-state index contributed by atoms with van der Waals surface area (Å²) in [5.74, 6) is -0.208. The van der Waals surface area contributed by atoms with Crippen LogP contribution in [-0.4, -0.2) is 34.1 Å². The lowest BCUT2D eigenvalue weighted by atomic mass is 9.92. The lowest BCUT2D eigenvalue weighted by molar-refractivity contribution is 0.0691. The van der Waals surface area contributed by atoms with Gasteiger partial charge >= 0.3 is 5.97 Å². The number of aromatic nitrogens is 2. The Morgan fingerprint density at radius 3 is 2.55 bits per heavy atom. The van der Waals surface area contributed by atoms with E-state index in [0.29, 0.717) is 17.4 Å². The minimum Gasteiger partial charge on any atom is -0.476 e. The summed E-state index contributed by atoms with van der Waals surface area (Å²) in [6.45, 7) is 5.96. The minimum absolute atomic E-state index is 0.0741. The summed E-state index contributed by atoms with van der Waals surface area (Å²) >= 11 is 0. The number of anilines is 1. The molecule has 1 aromatic heterocycles. The van der Waals surface area contributed by atoms with E-state index >= 15 is 0 Å². The van der Waals surface area contributed by atoms with E-state index in [0.717, 1.165) is 30.6 Å². The van der Waals surface area contributed by atoms with E-state index in [1.807, 2.05) is 29.2 Å². The molecular formula is C17H19N3O2. The maximum atomic E-state index is 11.6. The molecule has 0 radical (unpaired) electrons. The van der Waals surface area contributed by atoms with Gasteiger partial charge in [-0.1, -0.05) is 38.1 Å². The van der Waals surface area contributed by atoms with Crippen molar-refractivity contribution in [3.8, 4) is 11.1 Å². The first kappa shape index (κ1) is 14.5. The van der Waals surface area contributed by atoms with Gasteiger partial charge in [0.25, 0.3) is 0 Å². The fraction of sp³-hybridized carbons (Fsp3) is 0.353. The van der Waals surface area contributed by atoms with Gasteiger partial charge in [0.2, 0.25) is 5.95 Å². The topological polar surface area (TPSA) is 66.3 Å². The number of carboxylic acids is 1. The fourth-order valence-electron chi connectivity index (χ4n) is 2.65. The van der Waals surface area contributed by atoms with Crippen LogP contribution in [0.1, 0.15) is 42.2 Å². The lowest BCUT2D eigenvalue weighted by Crippen LogP contribution is -2.38. The van der Waals surface area contributed by atoms with Crippen molar-refractivity contribution in [2.24, 2.45) is 0 Å². The Bertz CT molecular complexity index is 709. The van der Waals surface area contributed by atoms with Crippen LogP contribution in [0, 0.1) is 0 Å². The molecule has 5 heteroatoms. The molecule has 1 N–H and O–H groups in total. The lowest BCUT2D eigenvalue weighted by Gasteiger charge is -2.31. The van der Waals surface area contributed by atoms with Crippen molar-refractivity contribution in [2.45, 2.75) is 26.2 Å². The van der Waals surface area contributed by atoms with Crippen molar-refractivity contribution in [3.63, 3.8) is 0 Å². The maximum Gasteiger partial charge on any atom is 0.355 e. The van der Waals surface area contributed by atoms with Gasteiger partial charge in [0.1, 0.15) is 0 Å². The smallest absolute Gasteiger partial charge is 0.355 e. The van der Waals surface area contributed by atoms with E-state index < -0.39 is 5.97 Å². The third kappa shape index (κ3) is 2.54. The minimum atomic E-state index is -1.02. The van der Waals surface area contributed by atoms with E-state index in [-0.39, 0.29) is 5.69 Å². The monoisotopic (exact) mass is 297 g/mol. The summed E-state index contributed by atoms with van der Waals surface area (Å²) in [6.07, 6.45) is 2.75. The van der Waals surface area contributed by atoms with Crippen LogP contribution in [0.3, 0.4) is 0 Å². The van der Waals surface area contributed by atoms with Gasteiger partial charge in [0.15, 0.2) is 5.69 Å². The molecule has 1 fully saturated rings. The first-order chi connectivity index (χ1) is 10.6. The number of nitrogens with zero attached hydrogens (tertiary/aromatic N) is 3. The van der Waals surface area contributed by atoms with Crippen molar-refractivity contribution >= 4 is 11.9 Å². The number of rotatable bonds is 4. The Morgan fingerprint density at radius 1 is 1.23 bits per heavy atom. The van der Waals surface area contributed by atoms with Gasteiger partial charge < -0.3 is 10.0 Å². The molecule has 0 unspecified atom stereocenters. The molecule has 5 nitrogen and oxygen atoms in total. The van der Waals surface area contributed by atoms with Crippen LogP contribution in [-0.2, 0) is 0 Å². The van der Waals surface area contributed by atoms with E-state index in [2.05, 4.69) is 23.8 Å². The van der Waals surface area contributed by atoms with E-state index in [4.69, 9.17) is 0 Å². The number of carboxylic acid groups (broad SMARTS) is 1. The zero-order valence-electron chi connectivity index (χ0n) is 12.8. The van der Waals surface area contributed by atoms with Crippen molar-refractivity contribution in [3.05, 3.63) is 41.7 Å². The average Bonchev–Trinajstić information content (AvgIpc) is 2.45. The molecule has 1 aliphatic heterocycles. The van der Waals surface area contributed by atoms with Gasteiger partial charge in [0.05, 0.1) is 0 Å². The highest BCUT2D eigenvalue weighted by molar-refractivity contribution is 5.94. The molecule has 2 aromatic rings. The quantitative estimate of drug-likeness (QED) is 0.939. The molecule has 1 saturated heterocycles. The first-order valence-corrected chi connectivity index (χ1v) is 7.52. The molecule has 114 valence electrons. The Hall–Kier alpha value is -2.43. The predicted octanol–water partition coefficient (Wildman–Crippen LogP) is 3.18. The van der Waals surface area contributed by atoms with Gasteiger partial charge in [-0.25, -0.2) is 14.8 Å². The largest absolute Gasteiger partial charge is 0.476 e. The molecule has 0 amide bonds. The number of carbonyl (C=O) groups is 1. The number of benzene rings is 1. The predicted molar refractivity (Wildman–Crippen MR) is 85.3 cm³/mol. The molecule has 2 heterocycles. The Morgan fingerprint density at radius 2 is 1.95 bits per heavy atom. The second-order valence-corrected chi connectivity index (χ2v) is 5.82. The Balaban J connectivity index is 2.12. The zero-order valence-corrected chi connectivity index (χ0v) is 12.8. The van der Waals surface area contributed by atoms with E-state index in [9.17, 15) is 9.90 Å². The van der Waals surface area contributed by atoms with Crippen LogP contribution in [0.15, 0.2) is 30.5 Å². The molecule has 0 atom stereocenters. The highest BCUT2D eigenvalue weighted by atomic mass is 16.4. The van der Waals surface area contributed by atoms with Crippen molar-refractivity contribution in [2.75, 3.05) is 18.0 Å². The molecular weight excluding hydrogens is 278 g/mol. The molecule has 1 aliphatic rings. The van der Waals surface area contributed by atoms with Crippen LogP contribution in [0.2, 0.25) is 0 Å².